The Labute approximate surface area is 181 Å². The molecule has 0 aromatic heterocycles. The lowest BCUT2D eigenvalue weighted by Gasteiger charge is -2.49. The fourth-order valence-electron chi connectivity index (χ4n) is 6.74. The average molecular weight is 417 g/mol. The van der Waals surface area contributed by atoms with Gasteiger partial charge in [-0.05, 0) is 72.8 Å². The van der Waals surface area contributed by atoms with Gasteiger partial charge in [0.25, 0.3) is 0 Å². The van der Waals surface area contributed by atoms with Gasteiger partial charge in [-0.3, -0.25) is 4.79 Å². The molecule has 3 aliphatic rings. The van der Waals surface area contributed by atoms with Gasteiger partial charge in [0.15, 0.2) is 5.78 Å². The molecule has 168 valence electrons. The van der Waals surface area contributed by atoms with Crippen LogP contribution in [0.25, 0.3) is 0 Å². The Kier molecular flexibility index (Phi) is 6.79. The van der Waals surface area contributed by atoms with Gasteiger partial charge in [0, 0.05) is 17.8 Å². The minimum absolute atomic E-state index is 0.00521. The lowest BCUT2D eigenvalue weighted by atomic mass is 9.55. The van der Waals surface area contributed by atoms with Gasteiger partial charge in [0.1, 0.15) is 6.29 Å². The van der Waals surface area contributed by atoms with Crippen LogP contribution in [-0.2, 0) is 9.59 Å². The van der Waals surface area contributed by atoms with Crippen LogP contribution in [0.2, 0.25) is 0 Å². The average Bonchev–Trinajstić information content (AvgIpc) is 3.01. The van der Waals surface area contributed by atoms with E-state index in [0.717, 1.165) is 24.7 Å². The molecule has 0 aromatic carbocycles. The third kappa shape index (κ3) is 3.98. The minimum Gasteiger partial charge on any atom is -0.393 e. The number of allylic oxidation sites excluding steroid dienone is 3. The topological polar surface area (TPSA) is 74.6 Å². The smallest absolute Gasteiger partial charge is 0.165 e. The van der Waals surface area contributed by atoms with Gasteiger partial charge in [-0.15, -0.1) is 0 Å². The second kappa shape index (κ2) is 8.70. The first kappa shape index (κ1) is 23.4. The summed E-state index contributed by atoms with van der Waals surface area (Å²) in [6, 6.07) is 0. The predicted octanol–water partition coefficient (Wildman–Crippen LogP) is 4.49. The molecule has 3 aliphatic carbocycles. The number of hydrogen-bond acceptors (Lipinski definition) is 4. The molecule has 30 heavy (non-hydrogen) atoms. The van der Waals surface area contributed by atoms with E-state index in [-0.39, 0.29) is 23.0 Å². The van der Waals surface area contributed by atoms with Crippen molar-refractivity contribution < 1.29 is 19.8 Å². The molecule has 0 spiro atoms. The normalized spacial score (nSPS) is 43.0. The van der Waals surface area contributed by atoms with E-state index in [1.165, 1.54) is 0 Å². The number of aldehydes is 1. The highest BCUT2D eigenvalue weighted by Crippen LogP contribution is 2.58. The fraction of sp³-hybridized carbons (Fsp3) is 0.769. The second-order valence-corrected chi connectivity index (χ2v) is 11.0. The lowest BCUT2D eigenvalue weighted by molar-refractivity contribution is -0.138. The predicted molar refractivity (Wildman–Crippen MR) is 119 cm³/mol. The van der Waals surface area contributed by atoms with Crippen LogP contribution in [0.3, 0.4) is 0 Å². The minimum atomic E-state index is -0.713. The molecule has 0 unspecified atom stereocenters. The number of aliphatic hydroxyl groups excluding tert-OH is 2. The molecular formula is C26H40O4. The molecule has 0 aliphatic heterocycles. The van der Waals surface area contributed by atoms with Crippen molar-refractivity contribution in [2.75, 3.05) is 0 Å². The number of carbonyl (C=O) groups excluding carboxylic acids is 2. The van der Waals surface area contributed by atoms with Gasteiger partial charge < -0.3 is 15.0 Å². The Morgan fingerprint density at radius 2 is 1.83 bits per heavy atom. The standard InChI is InChI=1S/C26H40O4/c1-16(2)6-7-17(3)20-8-9-21(25(20,4)12-13-27)19-15-23(29)22-14-18(28)10-11-26(22,5)24(19)30/h6-7,13,15-18,20-23,28-29H,8-12,14H2,1-5H3/b7-6+/t17-,18+,20-,21+,22-,23+,25-,26+/m1/s1. The molecule has 8 atom stereocenters. The molecule has 3 rings (SSSR count). The maximum Gasteiger partial charge on any atom is 0.165 e. The van der Waals surface area contributed by atoms with Gasteiger partial charge in [-0.2, -0.15) is 0 Å². The second-order valence-electron chi connectivity index (χ2n) is 11.0. The Morgan fingerprint density at radius 3 is 2.47 bits per heavy atom. The summed E-state index contributed by atoms with van der Waals surface area (Å²) in [5.74, 6) is 1.05. The van der Waals surface area contributed by atoms with Crippen molar-refractivity contribution in [3.8, 4) is 0 Å². The van der Waals surface area contributed by atoms with E-state index in [2.05, 4.69) is 39.8 Å². The van der Waals surface area contributed by atoms with E-state index in [1.54, 1.807) is 6.08 Å². The van der Waals surface area contributed by atoms with Crippen LogP contribution >= 0.6 is 0 Å². The van der Waals surface area contributed by atoms with Gasteiger partial charge in [0.2, 0.25) is 0 Å². The summed E-state index contributed by atoms with van der Waals surface area (Å²) < 4.78 is 0. The van der Waals surface area contributed by atoms with Crippen LogP contribution in [-0.4, -0.2) is 34.5 Å². The number of hydrogen-bond donors (Lipinski definition) is 2. The lowest BCUT2D eigenvalue weighted by Crippen LogP contribution is -2.52. The molecule has 0 saturated heterocycles. The molecule has 0 amide bonds. The number of carbonyl (C=O) groups is 2. The summed E-state index contributed by atoms with van der Waals surface area (Å²) in [6.07, 6.45) is 10.1. The van der Waals surface area contributed by atoms with E-state index in [9.17, 15) is 19.8 Å². The highest BCUT2D eigenvalue weighted by atomic mass is 16.3. The first-order valence-electron chi connectivity index (χ1n) is 11.8. The van der Waals surface area contributed by atoms with Crippen LogP contribution in [0.1, 0.15) is 73.1 Å². The summed E-state index contributed by atoms with van der Waals surface area (Å²) in [5.41, 5.74) is -0.169. The SMILES string of the molecule is CC(C)/C=C/[C@@H](C)[C@H]1CC[C@@H](C2=C[C@H](O)[C@H]3C[C@@H](O)CC[C@]3(C)C2=O)[C@]1(C)CC=O. The Balaban J connectivity index is 1.95. The molecule has 2 fully saturated rings. The van der Waals surface area contributed by atoms with Crippen LogP contribution in [0.15, 0.2) is 23.8 Å². The van der Waals surface area contributed by atoms with Gasteiger partial charge in [-0.1, -0.05) is 46.8 Å². The highest BCUT2D eigenvalue weighted by molar-refractivity contribution is 6.01. The number of aliphatic hydroxyl groups is 2. The molecule has 0 heterocycles. The van der Waals surface area contributed by atoms with Crippen molar-refractivity contribution >= 4 is 12.1 Å². The van der Waals surface area contributed by atoms with E-state index in [4.69, 9.17) is 0 Å². The number of fused-ring (bicyclic) bond motifs is 1. The molecule has 0 aromatic rings. The van der Waals surface area contributed by atoms with Crippen molar-refractivity contribution in [2.24, 2.45) is 40.4 Å². The molecule has 2 saturated carbocycles. The van der Waals surface area contributed by atoms with Crippen molar-refractivity contribution in [1.29, 1.82) is 0 Å². The quantitative estimate of drug-likeness (QED) is 0.494. The monoisotopic (exact) mass is 416 g/mol. The van der Waals surface area contributed by atoms with Crippen LogP contribution in [0.5, 0.6) is 0 Å². The molecular weight excluding hydrogens is 376 g/mol. The van der Waals surface area contributed by atoms with E-state index in [0.29, 0.717) is 43.4 Å². The van der Waals surface area contributed by atoms with E-state index >= 15 is 0 Å². The Bertz CT molecular complexity index is 723. The number of Topliss-reactive ketones (excluding diaryl/α,β-unsaturated/α-hetero) is 1. The number of rotatable bonds is 6. The maximum absolute atomic E-state index is 13.7. The first-order chi connectivity index (χ1) is 14.0. The third-order valence-corrected chi connectivity index (χ3v) is 8.63. The molecule has 0 bridgehead atoms. The zero-order valence-corrected chi connectivity index (χ0v) is 19.3. The van der Waals surface area contributed by atoms with Crippen LogP contribution < -0.4 is 0 Å². The van der Waals surface area contributed by atoms with Crippen molar-refractivity contribution in [1.82, 2.24) is 0 Å². The van der Waals surface area contributed by atoms with Crippen molar-refractivity contribution in [2.45, 2.75) is 85.4 Å². The van der Waals surface area contributed by atoms with Crippen molar-refractivity contribution in [3.05, 3.63) is 23.8 Å². The summed E-state index contributed by atoms with van der Waals surface area (Å²) in [6.45, 7) is 10.7. The maximum atomic E-state index is 13.7. The van der Waals surface area contributed by atoms with Gasteiger partial charge >= 0.3 is 0 Å². The summed E-state index contributed by atoms with van der Waals surface area (Å²) >= 11 is 0. The first-order valence-corrected chi connectivity index (χ1v) is 11.8. The van der Waals surface area contributed by atoms with Crippen LogP contribution in [0.4, 0.5) is 0 Å². The number of ketones is 1. The van der Waals surface area contributed by atoms with Crippen molar-refractivity contribution in [3.63, 3.8) is 0 Å². The Morgan fingerprint density at radius 1 is 1.13 bits per heavy atom. The molecule has 4 nitrogen and oxygen atoms in total. The fourth-order valence-corrected chi connectivity index (χ4v) is 6.74. The van der Waals surface area contributed by atoms with Gasteiger partial charge in [-0.25, -0.2) is 0 Å². The summed E-state index contributed by atoms with van der Waals surface area (Å²) in [4.78, 5) is 25.4. The Hall–Kier alpha value is -1.26. The molecule has 2 N–H and O–H groups in total. The zero-order chi connectivity index (χ0) is 22.3. The third-order valence-electron chi connectivity index (χ3n) is 8.63. The van der Waals surface area contributed by atoms with Gasteiger partial charge in [0.05, 0.1) is 12.2 Å². The summed E-state index contributed by atoms with van der Waals surface area (Å²) in [5, 5.41) is 21.0. The molecule has 4 heteroatoms. The highest BCUT2D eigenvalue weighted by Gasteiger charge is 2.56. The largest absolute Gasteiger partial charge is 0.393 e. The summed E-state index contributed by atoms with van der Waals surface area (Å²) in [7, 11) is 0. The van der Waals surface area contributed by atoms with E-state index in [1.807, 2.05) is 6.92 Å². The van der Waals surface area contributed by atoms with E-state index < -0.39 is 17.6 Å². The molecule has 0 radical (unpaired) electrons. The van der Waals surface area contributed by atoms with Crippen LogP contribution in [0, 0.1) is 40.4 Å². The zero-order valence-electron chi connectivity index (χ0n) is 19.3.